The van der Waals surface area contributed by atoms with E-state index < -0.39 is 6.04 Å². The minimum absolute atomic E-state index is 0.0313. The molecule has 0 aliphatic carbocycles. The Hall–Kier alpha value is -2.40. The summed E-state index contributed by atoms with van der Waals surface area (Å²) in [4.78, 5) is 27.2. The van der Waals surface area contributed by atoms with Crippen LogP contribution in [0, 0.1) is 0 Å². The van der Waals surface area contributed by atoms with Gasteiger partial charge in [-0.2, -0.15) is 0 Å². The zero-order valence-corrected chi connectivity index (χ0v) is 14.0. The van der Waals surface area contributed by atoms with E-state index in [0.717, 1.165) is 10.8 Å². The first-order chi connectivity index (χ1) is 11.5. The highest BCUT2D eigenvalue weighted by molar-refractivity contribution is 6.08. The predicted molar refractivity (Wildman–Crippen MR) is 94.6 cm³/mol. The Morgan fingerprint density at radius 3 is 2.62 bits per heavy atom. The van der Waals surface area contributed by atoms with Crippen LogP contribution in [0.3, 0.4) is 0 Å². The van der Waals surface area contributed by atoms with E-state index in [0.29, 0.717) is 18.5 Å². The Morgan fingerprint density at radius 1 is 1.17 bits per heavy atom. The molecule has 126 valence electrons. The Morgan fingerprint density at radius 2 is 1.88 bits per heavy atom. The Bertz CT molecular complexity index is 767. The van der Waals surface area contributed by atoms with E-state index in [1.807, 2.05) is 56.3 Å². The van der Waals surface area contributed by atoms with Gasteiger partial charge in [0.15, 0.2) is 0 Å². The second kappa shape index (κ2) is 6.61. The highest BCUT2D eigenvalue weighted by atomic mass is 16.2. The van der Waals surface area contributed by atoms with Crippen molar-refractivity contribution < 1.29 is 9.59 Å². The molecular weight excluding hydrogens is 302 g/mol. The summed E-state index contributed by atoms with van der Waals surface area (Å²) in [7, 11) is 0. The molecule has 0 aromatic heterocycles. The highest BCUT2D eigenvalue weighted by Crippen LogP contribution is 2.24. The molecular formula is C19H23N3O2. The normalized spacial score (nSPS) is 20.6. The lowest BCUT2D eigenvalue weighted by Gasteiger charge is -2.25. The van der Waals surface area contributed by atoms with Crippen molar-refractivity contribution in [1.29, 1.82) is 0 Å². The van der Waals surface area contributed by atoms with Crippen molar-refractivity contribution in [3.63, 3.8) is 0 Å². The summed E-state index contributed by atoms with van der Waals surface area (Å²) in [6.07, 6.45) is 0.495. The van der Waals surface area contributed by atoms with Gasteiger partial charge in [0.1, 0.15) is 6.04 Å². The number of carbonyl (C=O) groups excluding carboxylic acids is 2. The fourth-order valence-corrected chi connectivity index (χ4v) is 3.29. The SMILES string of the molecule is CC(C)NC(=O)[C@@H]1C[C@@H](N)CN1C(=O)c1cccc2ccccc12. The van der Waals surface area contributed by atoms with Crippen molar-refractivity contribution in [3.8, 4) is 0 Å². The van der Waals surface area contributed by atoms with Gasteiger partial charge in [-0.25, -0.2) is 0 Å². The summed E-state index contributed by atoms with van der Waals surface area (Å²) in [6.45, 7) is 4.21. The molecule has 2 atom stereocenters. The first kappa shape index (κ1) is 16.5. The van der Waals surface area contributed by atoms with Crippen LogP contribution in [-0.2, 0) is 4.79 Å². The molecule has 1 saturated heterocycles. The van der Waals surface area contributed by atoms with Crippen LogP contribution in [0.25, 0.3) is 10.8 Å². The zero-order valence-electron chi connectivity index (χ0n) is 14.0. The van der Waals surface area contributed by atoms with Gasteiger partial charge >= 0.3 is 0 Å². The van der Waals surface area contributed by atoms with Gasteiger partial charge in [0.25, 0.3) is 5.91 Å². The molecule has 5 nitrogen and oxygen atoms in total. The zero-order chi connectivity index (χ0) is 17.3. The fourth-order valence-electron chi connectivity index (χ4n) is 3.29. The first-order valence-corrected chi connectivity index (χ1v) is 8.32. The maximum absolute atomic E-state index is 13.1. The number of benzene rings is 2. The Labute approximate surface area is 141 Å². The van der Waals surface area contributed by atoms with Gasteiger partial charge in [0.2, 0.25) is 5.91 Å². The maximum Gasteiger partial charge on any atom is 0.255 e. The predicted octanol–water partition coefficient (Wildman–Crippen LogP) is 1.91. The molecule has 3 N–H and O–H groups in total. The molecule has 1 fully saturated rings. The third-order valence-corrected chi connectivity index (χ3v) is 4.35. The van der Waals surface area contributed by atoms with E-state index >= 15 is 0 Å². The van der Waals surface area contributed by atoms with Gasteiger partial charge in [0.05, 0.1) is 0 Å². The number of fused-ring (bicyclic) bond motifs is 1. The fraction of sp³-hybridized carbons (Fsp3) is 0.368. The van der Waals surface area contributed by atoms with Crippen LogP contribution < -0.4 is 11.1 Å². The molecule has 5 heteroatoms. The smallest absolute Gasteiger partial charge is 0.255 e. The van der Waals surface area contributed by atoms with Crippen LogP contribution in [0.1, 0.15) is 30.6 Å². The van der Waals surface area contributed by atoms with Crippen molar-refractivity contribution in [3.05, 3.63) is 48.0 Å². The summed E-state index contributed by atoms with van der Waals surface area (Å²) in [6, 6.07) is 12.8. The molecule has 0 spiro atoms. The maximum atomic E-state index is 13.1. The summed E-state index contributed by atoms with van der Waals surface area (Å²) < 4.78 is 0. The number of nitrogens with zero attached hydrogens (tertiary/aromatic N) is 1. The van der Waals surface area contributed by atoms with Crippen molar-refractivity contribution in [2.75, 3.05) is 6.54 Å². The van der Waals surface area contributed by atoms with Gasteiger partial charge in [-0.3, -0.25) is 9.59 Å². The minimum atomic E-state index is -0.506. The van der Waals surface area contributed by atoms with Crippen molar-refractivity contribution in [2.45, 2.75) is 38.4 Å². The van der Waals surface area contributed by atoms with Gasteiger partial charge < -0.3 is 16.0 Å². The monoisotopic (exact) mass is 325 g/mol. The lowest BCUT2D eigenvalue weighted by Crippen LogP contribution is -2.47. The minimum Gasteiger partial charge on any atom is -0.352 e. The Balaban J connectivity index is 1.93. The van der Waals surface area contributed by atoms with Crippen LogP contribution in [0.4, 0.5) is 0 Å². The number of hydrogen-bond acceptors (Lipinski definition) is 3. The van der Waals surface area contributed by atoms with E-state index in [1.165, 1.54) is 0 Å². The Kier molecular flexibility index (Phi) is 4.53. The topological polar surface area (TPSA) is 75.4 Å². The summed E-state index contributed by atoms with van der Waals surface area (Å²) in [5, 5.41) is 4.80. The third kappa shape index (κ3) is 3.12. The number of carbonyl (C=O) groups is 2. The molecule has 2 aromatic carbocycles. The molecule has 2 amide bonds. The average Bonchev–Trinajstić information content (AvgIpc) is 2.95. The van der Waals surface area contributed by atoms with Crippen LogP contribution in [-0.4, -0.2) is 41.4 Å². The summed E-state index contributed by atoms with van der Waals surface area (Å²) >= 11 is 0. The molecule has 1 aliphatic rings. The van der Waals surface area contributed by atoms with Crippen LogP contribution in [0.5, 0.6) is 0 Å². The van der Waals surface area contributed by atoms with E-state index in [2.05, 4.69) is 5.32 Å². The highest BCUT2D eigenvalue weighted by Gasteiger charge is 2.38. The number of nitrogens with two attached hydrogens (primary N) is 1. The molecule has 1 heterocycles. The molecule has 0 unspecified atom stereocenters. The number of hydrogen-bond donors (Lipinski definition) is 2. The largest absolute Gasteiger partial charge is 0.352 e. The quantitative estimate of drug-likeness (QED) is 0.905. The van der Waals surface area contributed by atoms with Crippen molar-refractivity contribution in [2.24, 2.45) is 5.73 Å². The van der Waals surface area contributed by atoms with Crippen LogP contribution in [0.2, 0.25) is 0 Å². The first-order valence-electron chi connectivity index (χ1n) is 8.32. The third-order valence-electron chi connectivity index (χ3n) is 4.35. The van der Waals surface area contributed by atoms with Gasteiger partial charge in [-0.1, -0.05) is 36.4 Å². The van der Waals surface area contributed by atoms with Crippen LogP contribution >= 0.6 is 0 Å². The lowest BCUT2D eigenvalue weighted by molar-refractivity contribution is -0.125. The molecule has 3 rings (SSSR count). The number of amides is 2. The second-order valence-corrected chi connectivity index (χ2v) is 6.66. The molecule has 2 aromatic rings. The van der Waals surface area contributed by atoms with E-state index in [4.69, 9.17) is 5.73 Å². The summed E-state index contributed by atoms with van der Waals surface area (Å²) in [5.41, 5.74) is 6.65. The van der Waals surface area contributed by atoms with E-state index in [1.54, 1.807) is 4.90 Å². The van der Waals surface area contributed by atoms with Gasteiger partial charge in [-0.15, -0.1) is 0 Å². The number of rotatable bonds is 3. The molecule has 0 bridgehead atoms. The lowest BCUT2D eigenvalue weighted by atomic mass is 10.0. The summed E-state index contributed by atoms with van der Waals surface area (Å²) in [5.74, 6) is -0.268. The molecule has 24 heavy (non-hydrogen) atoms. The van der Waals surface area contributed by atoms with Gasteiger partial charge in [-0.05, 0) is 37.1 Å². The second-order valence-electron chi connectivity index (χ2n) is 6.66. The molecule has 0 saturated carbocycles. The van der Waals surface area contributed by atoms with Crippen LogP contribution in [0.15, 0.2) is 42.5 Å². The average molecular weight is 325 g/mol. The standard InChI is InChI=1S/C19H23N3O2/c1-12(2)21-18(23)17-10-14(20)11-22(17)19(24)16-9-5-7-13-6-3-4-8-15(13)16/h3-9,12,14,17H,10-11,20H2,1-2H3,(H,21,23)/t14-,17+/m1/s1. The van der Waals surface area contributed by atoms with Crippen molar-refractivity contribution in [1.82, 2.24) is 10.2 Å². The number of nitrogens with one attached hydrogen (secondary N) is 1. The van der Waals surface area contributed by atoms with Crippen molar-refractivity contribution >= 4 is 22.6 Å². The van der Waals surface area contributed by atoms with E-state index in [-0.39, 0.29) is 23.9 Å². The number of likely N-dealkylation sites (tertiary alicyclic amines) is 1. The molecule has 1 aliphatic heterocycles. The molecule has 0 radical (unpaired) electrons. The van der Waals surface area contributed by atoms with E-state index in [9.17, 15) is 9.59 Å². The van der Waals surface area contributed by atoms with Gasteiger partial charge in [0, 0.05) is 24.2 Å².